The number of H-pyrrole nitrogens is 1. The summed E-state index contributed by atoms with van der Waals surface area (Å²) in [4.78, 5) is 8.56. The van der Waals surface area contributed by atoms with Crippen LogP contribution in [0, 0.1) is 0 Å². The third-order valence-corrected chi connectivity index (χ3v) is 9.89. The predicted molar refractivity (Wildman–Crippen MR) is 136 cm³/mol. The van der Waals surface area contributed by atoms with Gasteiger partial charge in [-0.05, 0) is 66.0 Å². The summed E-state index contributed by atoms with van der Waals surface area (Å²) in [6, 6.07) is 15.3. The monoisotopic (exact) mass is 533 g/mol. The molecule has 33 heavy (non-hydrogen) atoms. The van der Waals surface area contributed by atoms with Crippen LogP contribution in [-0.2, 0) is 16.4 Å². The lowest BCUT2D eigenvalue weighted by atomic mass is 10.1. The number of benzene rings is 2. The van der Waals surface area contributed by atoms with Gasteiger partial charge in [0.15, 0.2) is 9.84 Å². The number of fused-ring (bicyclic) bond motifs is 1. The minimum absolute atomic E-state index is 0.279. The Morgan fingerprint density at radius 1 is 1.03 bits per heavy atom. The predicted octanol–water partition coefficient (Wildman–Crippen LogP) is 4.05. The van der Waals surface area contributed by atoms with Crippen molar-refractivity contribution in [2.75, 3.05) is 33.2 Å². The highest BCUT2D eigenvalue weighted by Gasteiger charge is 2.38. The van der Waals surface area contributed by atoms with Crippen molar-refractivity contribution in [2.24, 2.45) is 0 Å². The third kappa shape index (κ3) is 5.69. The highest BCUT2D eigenvalue weighted by molar-refractivity contribution is 9.10. The molecule has 2 N–H and O–H groups in total. The minimum Gasteiger partial charge on any atom is -0.392 e. The van der Waals surface area contributed by atoms with E-state index in [-0.39, 0.29) is 4.90 Å². The number of hydrogen-bond donors (Lipinski definition) is 2. The average Bonchev–Trinajstić information content (AvgIpc) is 3.43. The van der Waals surface area contributed by atoms with Crippen LogP contribution < -0.4 is 0 Å². The van der Waals surface area contributed by atoms with Crippen molar-refractivity contribution in [2.45, 2.75) is 42.1 Å². The molecule has 178 valence electrons. The van der Waals surface area contributed by atoms with Crippen LogP contribution in [0.15, 0.2) is 64.1 Å². The minimum atomic E-state index is -3.42. The third-order valence-electron chi connectivity index (χ3n) is 6.62. The number of rotatable bonds is 4. The maximum Gasteiger partial charge on any atom is 0.184 e. The van der Waals surface area contributed by atoms with Crippen LogP contribution in [0.1, 0.15) is 24.8 Å². The number of aliphatic hydroxyl groups excluding tert-OH is 1. The summed E-state index contributed by atoms with van der Waals surface area (Å²) in [6.07, 6.45) is 3.33. The molecule has 1 aliphatic carbocycles. The first-order valence-electron chi connectivity index (χ1n) is 11.5. The van der Waals surface area contributed by atoms with Crippen molar-refractivity contribution in [3.05, 3.63) is 64.8 Å². The second-order valence-corrected chi connectivity index (χ2v) is 11.9. The number of halogens is 1. The Bertz CT molecular complexity index is 1170. The van der Waals surface area contributed by atoms with Crippen molar-refractivity contribution in [3.63, 3.8) is 0 Å². The maximum atomic E-state index is 12.3. The number of nitrogens with zero attached hydrogens (tertiary/aromatic N) is 2. The molecule has 2 atom stereocenters. The molecule has 2 unspecified atom stereocenters. The highest BCUT2D eigenvalue weighted by atomic mass is 79.9. The van der Waals surface area contributed by atoms with E-state index in [9.17, 15) is 13.5 Å². The Morgan fingerprint density at radius 2 is 1.73 bits per heavy atom. The zero-order valence-corrected chi connectivity index (χ0v) is 21.4. The van der Waals surface area contributed by atoms with Crippen LogP contribution in [0.25, 0.3) is 10.9 Å². The lowest BCUT2D eigenvalue weighted by molar-refractivity contribution is 0.148. The molecule has 1 aromatic heterocycles. The molecular weight excluding hydrogens is 502 g/mol. The van der Waals surface area contributed by atoms with Gasteiger partial charge in [0.05, 0.1) is 16.2 Å². The summed E-state index contributed by atoms with van der Waals surface area (Å²) in [6.45, 7) is 5.79. The van der Waals surface area contributed by atoms with E-state index < -0.39 is 21.2 Å². The van der Waals surface area contributed by atoms with Crippen LogP contribution in [-0.4, -0.2) is 72.9 Å². The number of nitrogens with one attached hydrogen (secondary N) is 1. The Morgan fingerprint density at radius 3 is 2.42 bits per heavy atom. The molecule has 1 aliphatic heterocycles. The van der Waals surface area contributed by atoms with E-state index in [1.165, 1.54) is 42.6 Å². The fourth-order valence-corrected chi connectivity index (χ4v) is 7.54. The normalized spacial score (nSPS) is 22.3. The maximum absolute atomic E-state index is 12.3. The van der Waals surface area contributed by atoms with Crippen molar-refractivity contribution < 1.29 is 13.5 Å². The topological polar surface area (TPSA) is 76.6 Å². The molecule has 2 heterocycles. The first-order chi connectivity index (χ1) is 15.9. The summed E-state index contributed by atoms with van der Waals surface area (Å²) in [7, 11) is -1.22. The van der Waals surface area contributed by atoms with E-state index in [4.69, 9.17) is 0 Å². The molecule has 1 saturated heterocycles. The molecule has 6 nitrogen and oxygen atoms in total. The highest BCUT2D eigenvalue weighted by Crippen LogP contribution is 2.33. The van der Waals surface area contributed by atoms with Gasteiger partial charge in [-0.25, -0.2) is 8.42 Å². The Kier molecular flexibility index (Phi) is 7.91. The van der Waals surface area contributed by atoms with E-state index in [0.717, 1.165) is 13.0 Å². The second kappa shape index (κ2) is 10.7. The van der Waals surface area contributed by atoms with E-state index in [0.29, 0.717) is 17.3 Å². The van der Waals surface area contributed by atoms with Gasteiger partial charge in [0.2, 0.25) is 0 Å². The van der Waals surface area contributed by atoms with E-state index in [1.807, 2.05) is 0 Å². The van der Waals surface area contributed by atoms with E-state index in [1.54, 1.807) is 24.3 Å². The number of aromatic nitrogens is 1. The van der Waals surface area contributed by atoms with Crippen molar-refractivity contribution >= 4 is 36.7 Å². The lowest BCUT2D eigenvalue weighted by Gasteiger charge is -2.32. The zero-order chi connectivity index (χ0) is 23.4. The second-order valence-electron chi connectivity index (χ2n) is 8.95. The summed E-state index contributed by atoms with van der Waals surface area (Å²) < 4.78 is 25.1. The SMILES string of the molecule is CN1CCN(Cc2c[nH]c3ccccc23)CC1.O=S(=O)(c1ccccc1Br)C1CCCC1O. The standard InChI is InChI=1S/C14H19N3.C11H13BrO3S/c1-16-6-8-17(9-7-16)11-12-10-15-14-5-3-2-4-13(12)14;12-8-4-1-2-6-10(8)16(14,15)11-7-3-5-9(11)13/h2-5,10,15H,6-9,11H2,1H3;1-2,4,6,9,11,13H,3,5,7H2. The smallest absolute Gasteiger partial charge is 0.184 e. The molecule has 2 aromatic carbocycles. The summed E-state index contributed by atoms with van der Waals surface area (Å²) in [5, 5.41) is 10.4. The summed E-state index contributed by atoms with van der Waals surface area (Å²) >= 11 is 3.24. The molecule has 0 bridgehead atoms. The molecule has 0 amide bonds. The molecule has 8 heteroatoms. The molecule has 1 saturated carbocycles. The van der Waals surface area contributed by atoms with Gasteiger partial charge in [0, 0.05) is 54.3 Å². The first kappa shape index (κ1) is 24.4. The van der Waals surface area contributed by atoms with Gasteiger partial charge in [0.25, 0.3) is 0 Å². The van der Waals surface area contributed by atoms with Gasteiger partial charge in [-0.1, -0.05) is 30.3 Å². The van der Waals surface area contributed by atoms with Crippen LogP contribution in [0.3, 0.4) is 0 Å². The number of sulfone groups is 1. The van der Waals surface area contributed by atoms with Crippen LogP contribution in [0.5, 0.6) is 0 Å². The fraction of sp³-hybridized carbons (Fsp3) is 0.440. The number of aliphatic hydroxyl groups is 1. The molecule has 2 aliphatic rings. The molecule has 0 radical (unpaired) electrons. The Hall–Kier alpha value is -1.71. The van der Waals surface area contributed by atoms with E-state index >= 15 is 0 Å². The number of aromatic amines is 1. The Labute approximate surface area is 204 Å². The van der Waals surface area contributed by atoms with Gasteiger partial charge in [-0.2, -0.15) is 0 Å². The molecule has 3 aromatic rings. The average molecular weight is 535 g/mol. The van der Waals surface area contributed by atoms with Gasteiger partial charge in [0.1, 0.15) is 0 Å². The lowest BCUT2D eigenvalue weighted by Crippen LogP contribution is -2.43. The van der Waals surface area contributed by atoms with Crippen LogP contribution in [0.2, 0.25) is 0 Å². The van der Waals surface area contributed by atoms with Gasteiger partial charge in [-0.15, -0.1) is 0 Å². The molecular formula is C25H32BrN3O3S. The van der Waals surface area contributed by atoms with Gasteiger partial charge >= 0.3 is 0 Å². The quantitative estimate of drug-likeness (QED) is 0.528. The van der Waals surface area contributed by atoms with Crippen molar-refractivity contribution in [1.82, 2.24) is 14.8 Å². The molecule has 5 rings (SSSR count). The number of hydrogen-bond acceptors (Lipinski definition) is 5. The Balaban J connectivity index is 0.000000157. The van der Waals surface area contributed by atoms with Gasteiger partial charge in [-0.3, -0.25) is 4.90 Å². The van der Waals surface area contributed by atoms with Crippen molar-refractivity contribution in [3.8, 4) is 0 Å². The fourth-order valence-electron chi connectivity index (χ4n) is 4.62. The zero-order valence-electron chi connectivity index (χ0n) is 19.0. The number of para-hydroxylation sites is 1. The van der Waals surface area contributed by atoms with E-state index in [2.05, 4.69) is 68.2 Å². The van der Waals surface area contributed by atoms with Gasteiger partial charge < -0.3 is 15.0 Å². The number of piperazine rings is 1. The summed E-state index contributed by atoms with van der Waals surface area (Å²) in [5.41, 5.74) is 2.67. The molecule has 2 fully saturated rings. The first-order valence-corrected chi connectivity index (χ1v) is 13.8. The molecule has 0 spiro atoms. The van der Waals surface area contributed by atoms with Crippen molar-refractivity contribution in [1.29, 1.82) is 0 Å². The summed E-state index contributed by atoms with van der Waals surface area (Å²) in [5.74, 6) is 0. The van der Waals surface area contributed by atoms with Crippen LogP contribution in [0.4, 0.5) is 0 Å². The number of likely N-dealkylation sites (N-methyl/N-ethyl adjacent to an activating group) is 1. The van der Waals surface area contributed by atoms with Crippen LogP contribution >= 0.6 is 15.9 Å². The largest absolute Gasteiger partial charge is 0.392 e.